The number of anilines is 2. The number of hydrogen-bond donors (Lipinski definition) is 1. The Kier molecular flexibility index (Phi) is 10.0. The fourth-order valence-electron chi connectivity index (χ4n) is 4.53. The summed E-state index contributed by atoms with van der Waals surface area (Å²) in [6.07, 6.45) is 0. The smallest absolute Gasteiger partial charge is 0.262 e. The van der Waals surface area contributed by atoms with Crippen molar-refractivity contribution in [3.05, 3.63) is 42.5 Å². The minimum Gasteiger partial charge on any atom is -0.484 e. The molecule has 4 rings (SSSR count). The average molecular weight is 597 g/mol. The van der Waals surface area contributed by atoms with E-state index >= 15 is 0 Å². The summed E-state index contributed by atoms with van der Waals surface area (Å²) >= 11 is 0. The second-order valence-corrected chi connectivity index (χ2v) is 13.1. The van der Waals surface area contributed by atoms with Crippen LogP contribution in [0.25, 0.3) is 0 Å². The SMILES string of the molecule is CCN(CC)c1ccc(S(=O)(=O)N2CCOCC2)cc1NC(=O)COc1ccc(S(=O)(=O)N2CCOCC2)cc1. The third kappa shape index (κ3) is 6.93. The Morgan fingerprint density at radius 1 is 0.825 bits per heavy atom. The number of ether oxygens (including phenoxy) is 3. The van der Waals surface area contributed by atoms with Crippen LogP contribution in [0.2, 0.25) is 0 Å². The molecule has 2 aromatic rings. The molecule has 1 amide bonds. The molecule has 0 atom stereocenters. The Morgan fingerprint density at radius 3 is 1.85 bits per heavy atom. The third-order valence-corrected chi connectivity index (χ3v) is 10.6. The first kappa shape index (κ1) is 30.2. The molecule has 0 aromatic heterocycles. The highest BCUT2D eigenvalue weighted by Gasteiger charge is 2.28. The van der Waals surface area contributed by atoms with Crippen molar-refractivity contribution in [1.82, 2.24) is 8.61 Å². The van der Waals surface area contributed by atoms with Crippen LogP contribution in [0.3, 0.4) is 0 Å². The summed E-state index contributed by atoms with van der Waals surface area (Å²) in [6.45, 7) is 7.40. The van der Waals surface area contributed by atoms with Crippen LogP contribution in [0.4, 0.5) is 11.4 Å². The van der Waals surface area contributed by atoms with Crippen LogP contribution in [0.5, 0.6) is 5.75 Å². The van der Waals surface area contributed by atoms with Crippen LogP contribution in [0, 0.1) is 0 Å². The first-order valence-electron chi connectivity index (χ1n) is 13.2. The predicted molar refractivity (Wildman–Crippen MR) is 150 cm³/mol. The maximum atomic E-state index is 13.2. The second kappa shape index (κ2) is 13.3. The number of carbonyl (C=O) groups excluding carboxylic acids is 1. The summed E-state index contributed by atoms with van der Waals surface area (Å²) in [4.78, 5) is 15.1. The minimum absolute atomic E-state index is 0.0820. The minimum atomic E-state index is -3.76. The van der Waals surface area contributed by atoms with Crippen molar-refractivity contribution < 1.29 is 35.8 Å². The van der Waals surface area contributed by atoms with E-state index in [-0.39, 0.29) is 29.5 Å². The molecule has 2 aliphatic rings. The molecule has 40 heavy (non-hydrogen) atoms. The van der Waals surface area contributed by atoms with Crippen molar-refractivity contribution in [2.45, 2.75) is 23.6 Å². The van der Waals surface area contributed by atoms with Crippen LogP contribution in [-0.2, 0) is 34.3 Å². The van der Waals surface area contributed by atoms with Gasteiger partial charge in [0.15, 0.2) is 6.61 Å². The van der Waals surface area contributed by atoms with Crippen LogP contribution in [0.15, 0.2) is 52.3 Å². The third-order valence-electron chi connectivity index (χ3n) is 6.76. The number of benzene rings is 2. The van der Waals surface area contributed by atoms with E-state index in [9.17, 15) is 21.6 Å². The van der Waals surface area contributed by atoms with Gasteiger partial charge in [0, 0.05) is 39.3 Å². The molecule has 1 N–H and O–H groups in total. The van der Waals surface area contributed by atoms with Gasteiger partial charge < -0.3 is 24.4 Å². The van der Waals surface area contributed by atoms with E-state index < -0.39 is 26.0 Å². The summed E-state index contributed by atoms with van der Waals surface area (Å²) in [5.41, 5.74) is 1.05. The Bertz CT molecular complexity index is 1370. The van der Waals surface area contributed by atoms with Crippen LogP contribution < -0.4 is 15.0 Å². The number of morpholine rings is 2. The molecule has 2 fully saturated rings. The zero-order valence-electron chi connectivity index (χ0n) is 22.7. The lowest BCUT2D eigenvalue weighted by atomic mass is 10.2. The molecule has 2 aliphatic heterocycles. The number of rotatable bonds is 11. The van der Waals surface area contributed by atoms with Crippen molar-refractivity contribution in [3.63, 3.8) is 0 Å². The zero-order chi connectivity index (χ0) is 28.8. The monoisotopic (exact) mass is 596 g/mol. The molecule has 0 unspecified atom stereocenters. The summed E-state index contributed by atoms with van der Waals surface area (Å²) in [5, 5.41) is 2.80. The van der Waals surface area contributed by atoms with Crippen molar-refractivity contribution in [3.8, 4) is 5.75 Å². The summed E-state index contributed by atoms with van der Waals surface area (Å²) < 4.78 is 70.9. The van der Waals surface area contributed by atoms with Gasteiger partial charge >= 0.3 is 0 Å². The number of carbonyl (C=O) groups is 1. The van der Waals surface area contributed by atoms with Gasteiger partial charge in [-0.2, -0.15) is 8.61 Å². The van der Waals surface area contributed by atoms with Crippen LogP contribution in [0.1, 0.15) is 13.8 Å². The lowest BCUT2D eigenvalue weighted by Crippen LogP contribution is -2.40. The van der Waals surface area contributed by atoms with E-state index in [4.69, 9.17) is 14.2 Å². The van der Waals surface area contributed by atoms with E-state index in [1.807, 2.05) is 18.7 Å². The molecule has 2 heterocycles. The van der Waals surface area contributed by atoms with Gasteiger partial charge in [0.2, 0.25) is 20.0 Å². The highest BCUT2D eigenvalue weighted by atomic mass is 32.2. The first-order valence-corrected chi connectivity index (χ1v) is 16.1. The van der Waals surface area contributed by atoms with E-state index in [1.54, 1.807) is 12.1 Å². The average Bonchev–Trinajstić information content (AvgIpc) is 2.98. The molecule has 2 saturated heterocycles. The van der Waals surface area contributed by atoms with Gasteiger partial charge in [0.25, 0.3) is 5.91 Å². The van der Waals surface area contributed by atoms with Gasteiger partial charge in [-0.1, -0.05) is 0 Å². The number of sulfonamides is 2. The fourth-order valence-corrected chi connectivity index (χ4v) is 7.37. The standard InChI is InChI=1S/C26H36N4O8S2/c1-3-28(4-2)25-10-9-23(40(34,35)30-13-17-37-18-14-30)19-24(25)27-26(31)20-38-21-5-7-22(8-6-21)39(32,33)29-11-15-36-16-12-29/h5-10,19H,3-4,11-18,20H2,1-2H3,(H,27,31). The number of nitrogens with one attached hydrogen (secondary N) is 1. The van der Waals surface area contributed by atoms with Gasteiger partial charge in [-0.05, 0) is 56.3 Å². The Labute approximate surface area is 235 Å². The summed E-state index contributed by atoms with van der Waals surface area (Å²) in [6, 6.07) is 10.6. The lowest BCUT2D eigenvalue weighted by molar-refractivity contribution is -0.118. The molecule has 0 spiro atoms. The van der Waals surface area contributed by atoms with Crippen molar-refractivity contribution >= 4 is 37.3 Å². The Morgan fingerprint density at radius 2 is 1.32 bits per heavy atom. The highest BCUT2D eigenvalue weighted by Crippen LogP contribution is 2.31. The predicted octanol–water partition coefficient (Wildman–Crippen LogP) is 1.59. The number of hydrogen-bond acceptors (Lipinski definition) is 9. The molecule has 0 aliphatic carbocycles. The second-order valence-electron chi connectivity index (χ2n) is 9.19. The molecule has 2 aromatic carbocycles. The highest BCUT2D eigenvalue weighted by molar-refractivity contribution is 7.89. The Hall–Kier alpha value is -2.75. The first-order chi connectivity index (χ1) is 19.2. The fraction of sp³-hybridized carbons (Fsp3) is 0.500. The lowest BCUT2D eigenvalue weighted by Gasteiger charge is -2.28. The summed E-state index contributed by atoms with van der Waals surface area (Å²) in [5.74, 6) is -0.164. The van der Waals surface area contributed by atoms with Crippen molar-refractivity contribution in [2.75, 3.05) is 82.5 Å². The van der Waals surface area contributed by atoms with Gasteiger partial charge in [-0.25, -0.2) is 16.8 Å². The summed E-state index contributed by atoms with van der Waals surface area (Å²) in [7, 11) is -7.40. The van der Waals surface area contributed by atoms with E-state index in [0.29, 0.717) is 69.7 Å². The normalized spacial score (nSPS) is 17.4. The number of amides is 1. The quantitative estimate of drug-likeness (QED) is 0.410. The number of nitrogens with zero attached hydrogens (tertiary/aromatic N) is 3. The van der Waals surface area contributed by atoms with E-state index in [1.165, 1.54) is 38.9 Å². The Balaban J connectivity index is 1.46. The maximum Gasteiger partial charge on any atom is 0.262 e. The zero-order valence-corrected chi connectivity index (χ0v) is 24.4. The molecule has 12 nitrogen and oxygen atoms in total. The molecule has 0 saturated carbocycles. The van der Waals surface area contributed by atoms with Gasteiger partial charge in [-0.3, -0.25) is 4.79 Å². The molecular weight excluding hydrogens is 560 g/mol. The molecule has 0 radical (unpaired) electrons. The molecule has 220 valence electrons. The van der Waals surface area contributed by atoms with E-state index in [2.05, 4.69) is 5.32 Å². The molecular formula is C26H36N4O8S2. The largest absolute Gasteiger partial charge is 0.484 e. The maximum absolute atomic E-state index is 13.2. The van der Waals surface area contributed by atoms with E-state index in [0.717, 1.165) is 0 Å². The molecule has 0 bridgehead atoms. The van der Waals surface area contributed by atoms with Gasteiger partial charge in [0.05, 0.1) is 47.6 Å². The van der Waals surface area contributed by atoms with Gasteiger partial charge in [-0.15, -0.1) is 0 Å². The van der Waals surface area contributed by atoms with Crippen LogP contribution in [-0.4, -0.2) is 104 Å². The topological polar surface area (TPSA) is 135 Å². The van der Waals surface area contributed by atoms with Crippen molar-refractivity contribution in [1.29, 1.82) is 0 Å². The van der Waals surface area contributed by atoms with Crippen molar-refractivity contribution in [2.24, 2.45) is 0 Å². The molecule has 14 heteroatoms. The van der Waals surface area contributed by atoms with Gasteiger partial charge in [0.1, 0.15) is 5.75 Å². The van der Waals surface area contributed by atoms with Crippen LogP contribution >= 0.6 is 0 Å².